The topological polar surface area (TPSA) is 83.9 Å². The van der Waals surface area contributed by atoms with Gasteiger partial charge in [-0.1, -0.05) is 0 Å². The largest absolute Gasteiger partial charge is 0.427 e. The Hall–Kier alpha value is -1.89. The van der Waals surface area contributed by atoms with Crippen LogP contribution in [0, 0.1) is 10.1 Å². The van der Waals surface area contributed by atoms with E-state index in [4.69, 9.17) is 0 Å². The van der Waals surface area contributed by atoms with Crippen molar-refractivity contribution >= 4 is 5.69 Å². The van der Waals surface area contributed by atoms with Crippen LogP contribution >= 0.6 is 0 Å². The third-order valence-corrected chi connectivity index (χ3v) is 3.07. The molecule has 1 aromatic heterocycles. The van der Waals surface area contributed by atoms with Gasteiger partial charge in [0.25, 0.3) is 5.69 Å². The highest BCUT2D eigenvalue weighted by molar-refractivity contribution is 5.25. The van der Waals surface area contributed by atoms with Crippen LogP contribution in [-0.4, -0.2) is 44.9 Å². The van der Waals surface area contributed by atoms with Crippen molar-refractivity contribution in [3.05, 3.63) is 33.9 Å². The molecular formula is C13H22N4O3. The minimum atomic E-state index is -0.506. The summed E-state index contributed by atoms with van der Waals surface area (Å²) in [6.07, 6.45) is 1.22. The van der Waals surface area contributed by atoms with Gasteiger partial charge < -0.3 is 5.21 Å². The van der Waals surface area contributed by atoms with Gasteiger partial charge in [-0.2, -0.15) is 4.73 Å². The van der Waals surface area contributed by atoms with Crippen LogP contribution in [0.1, 0.15) is 27.7 Å². The first-order valence-corrected chi connectivity index (χ1v) is 6.65. The van der Waals surface area contributed by atoms with Crippen LogP contribution in [0.15, 0.2) is 23.3 Å². The molecule has 0 unspecified atom stereocenters. The molecule has 0 amide bonds. The van der Waals surface area contributed by atoms with Gasteiger partial charge in [0.15, 0.2) is 5.49 Å². The van der Waals surface area contributed by atoms with Crippen molar-refractivity contribution in [1.82, 2.24) is 9.63 Å². The maximum atomic E-state index is 10.7. The van der Waals surface area contributed by atoms with E-state index >= 15 is 0 Å². The van der Waals surface area contributed by atoms with Gasteiger partial charge in [0, 0.05) is 24.7 Å². The first-order chi connectivity index (χ1) is 9.32. The maximum Gasteiger partial charge on any atom is 0.274 e. The second-order valence-electron chi connectivity index (χ2n) is 5.15. The van der Waals surface area contributed by atoms with Gasteiger partial charge in [-0.25, -0.2) is 0 Å². The molecule has 1 heterocycles. The van der Waals surface area contributed by atoms with Crippen molar-refractivity contribution in [2.24, 2.45) is 4.99 Å². The van der Waals surface area contributed by atoms with E-state index < -0.39 is 4.92 Å². The molecule has 1 aromatic rings. The molecule has 0 bridgehead atoms. The van der Waals surface area contributed by atoms with E-state index in [1.54, 1.807) is 0 Å². The smallest absolute Gasteiger partial charge is 0.274 e. The van der Waals surface area contributed by atoms with Crippen molar-refractivity contribution in [1.29, 1.82) is 0 Å². The highest BCUT2D eigenvalue weighted by Crippen LogP contribution is 2.05. The maximum absolute atomic E-state index is 10.7. The molecule has 0 saturated heterocycles. The Morgan fingerprint density at radius 1 is 1.40 bits per heavy atom. The summed E-state index contributed by atoms with van der Waals surface area (Å²) >= 11 is 0. The number of pyridine rings is 1. The normalized spacial score (nSPS) is 12.7. The Morgan fingerprint density at radius 3 is 2.50 bits per heavy atom. The molecule has 0 aliphatic rings. The van der Waals surface area contributed by atoms with Crippen LogP contribution in [0.3, 0.4) is 0 Å². The van der Waals surface area contributed by atoms with Gasteiger partial charge in [0.2, 0.25) is 0 Å². The highest BCUT2D eigenvalue weighted by Gasteiger charge is 2.12. The summed E-state index contributed by atoms with van der Waals surface area (Å²) in [6, 6.07) is 3.29. The molecule has 0 radical (unpaired) electrons. The summed E-state index contributed by atoms with van der Waals surface area (Å²) in [6.45, 7) is 9.65. The van der Waals surface area contributed by atoms with Crippen molar-refractivity contribution < 1.29 is 10.1 Å². The Morgan fingerprint density at radius 2 is 2.00 bits per heavy atom. The number of hydrogen-bond acceptors (Lipinski definition) is 5. The van der Waals surface area contributed by atoms with Crippen LogP contribution in [-0.2, 0) is 0 Å². The van der Waals surface area contributed by atoms with Crippen LogP contribution in [0.5, 0.6) is 0 Å². The number of nitrogens with zero attached hydrogens (tertiary/aromatic N) is 4. The lowest BCUT2D eigenvalue weighted by molar-refractivity contribution is -0.385. The van der Waals surface area contributed by atoms with E-state index in [2.05, 4.69) is 37.6 Å². The average Bonchev–Trinajstić information content (AvgIpc) is 2.35. The van der Waals surface area contributed by atoms with Crippen molar-refractivity contribution in [2.75, 3.05) is 13.1 Å². The summed E-state index contributed by atoms with van der Waals surface area (Å²) in [5, 5.41) is 20.3. The van der Waals surface area contributed by atoms with E-state index in [9.17, 15) is 15.3 Å². The molecule has 0 saturated carbocycles. The Bertz CT molecular complexity index is 515. The first kappa shape index (κ1) is 16.2. The molecule has 0 atom stereocenters. The Balaban J connectivity index is 2.85. The fourth-order valence-corrected chi connectivity index (χ4v) is 2.09. The van der Waals surface area contributed by atoms with Gasteiger partial charge in [0.1, 0.15) is 0 Å². The SMILES string of the molecule is CC(C)N(CCN=c1cc([N+](=O)[O-])ccn1O)C(C)C. The second kappa shape index (κ2) is 7.04. The molecule has 0 aliphatic heterocycles. The predicted octanol–water partition coefficient (Wildman–Crippen LogP) is 1.65. The third-order valence-electron chi connectivity index (χ3n) is 3.07. The van der Waals surface area contributed by atoms with E-state index in [1.807, 2.05) is 0 Å². The molecule has 20 heavy (non-hydrogen) atoms. The lowest BCUT2D eigenvalue weighted by Gasteiger charge is -2.29. The third kappa shape index (κ3) is 4.34. The van der Waals surface area contributed by atoms with Crippen LogP contribution < -0.4 is 5.49 Å². The fourth-order valence-electron chi connectivity index (χ4n) is 2.09. The fraction of sp³-hybridized carbons (Fsp3) is 0.615. The van der Waals surface area contributed by atoms with Gasteiger partial charge in [0.05, 0.1) is 23.7 Å². The van der Waals surface area contributed by atoms with Crippen molar-refractivity contribution in [2.45, 2.75) is 39.8 Å². The van der Waals surface area contributed by atoms with Crippen LogP contribution in [0.25, 0.3) is 0 Å². The zero-order valence-electron chi connectivity index (χ0n) is 12.4. The molecule has 0 spiro atoms. The van der Waals surface area contributed by atoms with Crippen LogP contribution in [0.4, 0.5) is 5.69 Å². The molecule has 0 aromatic carbocycles. The lowest BCUT2D eigenvalue weighted by atomic mass is 10.2. The minimum Gasteiger partial charge on any atom is -0.427 e. The molecular weight excluding hydrogens is 260 g/mol. The monoisotopic (exact) mass is 282 g/mol. The summed E-state index contributed by atoms with van der Waals surface area (Å²) in [5.41, 5.74) is 0.102. The molecule has 1 N–H and O–H groups in total. The predicted molar refractivity (Wildman–Crippen MR) is 75.7 cm³/mol. The van der Waals surface area contributed by atoms with Crippen molar-refractivity contribution in [3.63, 3.8) is 0 Å². The van der Waals surface area contributed by atoms with Crippen molar-refractivity contribution in [3.8, 4) is 0 Å². The number of hydrogen-bond donors (Lipinski definition) is 1. The summed E-state index contributed by atoms with van der Waals surface area (Å²) in [7, 11) is 0. The Kier molecular flexibility index (Phi) is 5.69. The van der Waals surface area contributed by atoms with E-state index in [0.717, 1.165) is 11.3 Å². The second-order valence-corrected chi connectivity index (χ2v) is 5.15. The standard InChI is InChI=1S/C13H22N4O3/c1-10(2)15(11(3)4)8-6-14-13-9-12(17(19)20)5-7-16(13)18/h5,7,9-11,18H,6,8H2,1-4H3. The molecule has 7 nitrogen and oxygen atoms in total. The van der Waals surface area contributed by atoms with Gasteiger partial charge >= 0.3 is 0 Å². The Labute approximate surface area is 118 Å². The number of rotatable bonds is 6. The zero-order valence-corrected chi connectivity index (χ0v) is 12.4. The summed E-state index contributed by atoms with van der Waals surface area (Å²) in [5.74, 6) is 0. The summed E-state index contributed by atoms with van der Waals surface area (Å²) < 4.78 is 0.794. The molecule has 112 valence electrons. The van der Waals surface area contributed by atoms with E-state index in [0.29, 0.717) is 18.6 Å². The van der Waals surface area contributed by atoms with E-state index in [1.165, 1.54) is 18.3 Å². The lowest BCUT2D eigenvalue weighted by Crippen LogP contribution is -2.39. The first-order valence-electron chi connectivity index (χ1n) is 6.65. The molecule has 0 aliphatic carbocycles. The number of aromatic nitrogens is 1. The molecule has 0 fully saturated rings. The average molecular weight is 282 g/mol. The summed E-state index contributed by atoms with van der Waals surface area (Å²) in [4.78, 5) is 16.7. The molecule has 1 rings (SSSR count). The van der Waals surface area contributed by atoms with E-state index in [-0.39, 0.29) is 11.2 Å². The minimum absolute atomic E-state index is 0.0846. The van der Waals surface area contributed by atoms with Gasteiger partial charge in [-0.3, -0.25) is 20.0 Å². The van der Waals surface area contributed by atoms with Gasteiger partial charge in [-0.15, -0.1) is 0 Å². The van der Waals surface area contributed by atoms with Gasteiger partial charge in [-0.05, 0) is 27.7 Å². The quantitative estimate of drug-likeness (QED) is 0.488. The zero-order chi connectivity index (χ0) is 15.3. The number of nitro groups is 1. The van der Waals surface area contributed by atoms with Crippen LogP contribution in [0.2, 0.25) is 0 Å². The molecule has 7 heteroatoms. The highest BCUT2D eigenvalue weighted by atomic mass is 16.6.